The van der Waals surface area contributed by atoms with Crippen molar-refractivity contribution in [2.24, 2.45) is 0 Å². The normalized spacial score (nSPS) is 11.5. The Labute approximate surface area is 141 Å². The number of nitrogens with zero attached hydrogens (tertiary/aromatic N) is 1. The zero-order valence-electron chi connectivity index (χ0n) is 12.9. The fourth-order valence-corrected chi connectivity index (χ4v) is 3.15. The highest BCUT2D eigenvalue weighted by atomic mass is 35.5. The van der Waals surface area contributed by atoms with Crippen molar-refractivity contribution in [3.05, 3.63) is 53.6 Å². The molecule has 0 aliphatic carbocycles. The molecule has 7 heteroatoms. The fourth-order valence-electron chi connectivity index (χ4n) is 1.87. The van der Waals surface area contributed by atoms with Crippen LogP contribution in [0.25, 0.3) is 0 Å². The van der Waals surface area contributed by atoms with Crippen LogP contribution in [-0.4, -0.2) is 40.0 Å². The van der Waals surface area contributed by atoms with Crippen molar-refractivity contribution in [3.63, 3.8) is 0 Å². The Morgan fingerprint density at radius 2 is 1.57 bits per heavy atom. The number of benzene rings is 2. The van der Waals surface area contributed by atoms with Gasteiger partial charge in [0.25, 0.3) is 0 Å². The molecule has 2 aromatic carbocycles. The van der Waals surface area contributed by atoms with Gasteiger partial charge in [-0.05, 0) is 48.5 Å². The van der Waals surface area contributed by atoms with Gasteiger partial charge in [-0.3, -0.25) is 0 Å². The average molecular weight is 356 g/mol. The van der Waals surface area contributed by atoms with Crippen molar-refractivity contribution in [1.29, 1.82) is 0 Å². The van der Waals surface area contributed by atoms with Crippen LogP contribution in [0.4, 0.5) is 0 Å². The second-order valence-electron chi connectivity index (χ2n) is 4.80. The Morgan fingerprint density at radius 1 is 1.00 bits per heavy atom. The summed E-state index contributed by atoms with van der Waals surface area (Å²) in [6, 6.07) is 13.2. The van der Waals surface area contributed by atoms with Gasteiger partial charge >= 0.3 is 0 Å². The van der Waals surface area contributed by atoms with Gasteiger partial charge in [0, 0.05) is 18.6 Å². The van der Waals surface area contributed by atoms with Crippen molar-refractivity contribution in [1.82, 2.24) is 4.31 Å². The summed E-state index contributed by atoms with van der Waals surface area (Å²) in [6.45, 7) is 0.477. The third-order valence-corrected chi connectivity index (χ3v) is 5.38. The van der Waals surface area contributed by atoms with Crippen LogP contribution < -0.4 is 9.47 Å². The van der Waals surface area contributed by atoms with Crippen molar-refractivity contribution in [2.75, 3.05) is 27.3 Å². The molecule has 0 amide bonds. The van der Waals surface area contributed by atoms with Crippen molar-refractivity contribution >= 4 is 21.6 Å². The molecule has 23 heavy (non-hydrogen) atoms. The molecule has 0 aliphatic rings. The highest BCUT2D eigenvalue weighted by Gasteiger charge is 2.20. The molecule has 0 saturated carbocycles. The molecule has 0 spiro atoms. The molecular weight excluding hydrogens is 338 g/mol. The molecular formula is C16H18ClNO4S. The van der Waals surface area contributed by atoms with Gasteiger partial charge in [-0.2, -0.15) is 4.31 Å². The predicted molar refractivity (Wildman–Crippen MR) is 89.8 cm³/mol. The van der Waals surface area contributed by atoms with Gasteiger partial charge in [0.15, 0.2) is 0 Å². The summed E-state index contributed by atoms with van der Waals surface area (Å²) in [4.78, 5) is 0.215. The van der Waals surface area contributed by atoms with E-state index in [9.17, 15) is 8.42 Å². The monoisotopic (exact) mass is 355 g/mol. The maximum atomic E-state index is 12.4. The topological polar surface area (TPSA) is 55.8 Å². The first-order valence-electron chi connectivity index (χ1n) is 6.92. The summed E-state index contributed by atoms with van der Waals surface area (Å²) < 4.78 is 36.7. The molecule has 5 nitrogen and oxygen atoms in total. The van der Waals surface area contributed by atoms with Crippen LogP contribution in [0.2, 0.25) is 5.02 Å². The van der Waals surface area contributed by atoms with E-state index < -0.39 is 10.0 Å². The van der Waals surface area contributed by atoms with Gasteiger partial charge in [0.2, 0.25) is 10.0 Å². The number of hydrogen-bond donors (Lipinski definition) is 0. The van der Waals surface area contributed by atoms with Crippen LogP contribution in [0.1, 0.15) is 0 Å². The molecule has 124 valence electrons. The van der Waals surface area contributed by atoms with Gasteiger partial charge < -0.3 is 9.47 Å². The molecule has 0 atom stereocenters. The first-order valence-corrected chi connectivity index (χ1v) is 8.74. The van der Waals surface area contributed by atoms with E-state index >= 15 is 0 Å². The predicted octanol–water partition coefficient (Wildman–Crippen LogP) is 3.05. The van der Waals surface area contributed by atoms with Crippen LogP contribution in [0, 0.1) is 0 Å². The first-order chi connectivity index (χ1) is 10.9. The molecule has 0 saturated heterocycles. The SMILES string of the molecule is COc1ccc(S(=O)(=O)N(C)CCOc2ccc(Cl)cc2)cc1. The van der Waals surface area contributed by atoms with Gasteiger partial charge in [-0.15, -0.1) is 0 Å². The molecule has 0 bridgehead atoms. The maximum absolute atomic E-state index is 12.4. The molecule has 0 aliphatic heterocycles. The number of halogens is 1. The lowest BCUT2D eigenvalue weighted by atomic mass is 10.3. The number of sulfonamides is 1. The third kappa shape index (κ3) is 4.60. The summed E-state index contributed by atoms with van der Waals surface area (Å²) in [6.07, 6.45) is 0. The molecule has 0 N–H and O–H groups in total. The van der Waals surface area contributed by atoms with Crippen molar-refractivity contribution < 1.29 is 17.9 Å². The molecule has 2 rings (SSSR count). The Hall–Kier alpha value is -1.76. The summed E-state index contributed by atoms with van der Waals surface area (Å²) in [5, 5.41) is 0.622. The lowest BCUT2D eigenvalue weighted by molar-refractivity contribution is 0.287. The van der Waals surface area contributed by atoms with E-state index in [2.05, 4.69) is 0 Å². The first kappa shape index (κ1) is 17.6. The highest BCUT2D eigenvalue weighted by molar-refractivity contribution is 7.89. The third-order valence-electron chi connectivity index (χ3n) is 3.26. The zero-order chi connectivity index (χ0) is 16.9. The van der Waals surface area contributed by atoms with E-state index in [4.69, 9.17) is 21.1 Å². The van der Waals surface area contributed by atoms with E-state index in [-0.39, 0.29) is 18.0 Å². The standard InChI is InChI=1S/C16H18ClNO4S/c1-18(11-12-22-15-5-3-13(17)4-6-15)23(19,20)16-9-7-14(21-2)8-10-16/h3-10H,11-12H2,1-2H3. The molecule has 0 aromatic heterocycles. The Morgan fingerprint density at radius 3 is 2.13 bits per heavy atom. The van der Waals surface area contributed by atoms with Crippen molar-refractivity contribution in [3.8, 4) is 11.5 Å². The van der Waals surface area contributed by atoms with Crippen LogP contribution in [0.3, 0.4) is 0 Å². The minimum atomic E-state index is -3.55. The minimum absolute atomic E-state index is 0.215. The summed E-state index contributed by atoms with van der Waals surface area (Å²) >= 11 is 5.79. The Bertz CT molecular complexity index is 730. The molecule has 0 fully saturated rings. The lowest BCUT2D eigenvalue weighted by Gasteiger charge is -2.17. The molecule has 2 aromatic rings. The van der Waals surface area contributed by atoms with E-state index in [1.54, 1.807) is 36.4 Å². The highest BCUT2D eigenvalue weighted by Crippen LogP contribution is 2.19. The zero-order valence-corrected chi connectivity index (χ0v) is 14.5. The fraction of sp³-hybridized carbons (Fsp3) is 0.250. The van der Waals surface area contributed by atoms with Crippen LogP contribution in [0.15, 0.2) is 53.4 Å². The minimum Gasteiger partial charge on any atom is -0.497 e. The second kappa shape index (κ2) is 7.68. The van der Waals surface area contributed by atoms with Gasteiger partial charge in [-0.25, -0.2) is 8.42 Å². The number of ether oxygens (including phenoxy) is 2. The number of hydrogen-bond acceptors (Lipinski definition) is 4. The number of rotatable bonds is 7. The summed E-state index contributed by atoms with van der Waals surface area (Å²) in [7, 11) is -0.498. The van der Waals surface area contributed by atoms with Crippen LogP contribution in [-0.2, 0) is 10.0 Å². The number of methoxy groups -OCH3 is 1. The van der Waals surface area contributed by atoms with Crippen molar-refractivity contribution in [2.45, 2.75) is 4.90 Å². The van der Waals surface area contributed by atoms with E-state index in [0.717, 1.165) is 0 Å². The molecule has 0 unspecified atom stereocenters. The molecule has 0 radical (unpaired) electrons. The Kier molecular flexibility index (Phi) is 5.87. The van der Waals surface area contributed by atoms with Crippen LogP contribution >= 0.6 is 11.6 Å². The maximum Gasteiger partial charge on any atom is 0.242 e. The van der Waals surface area contributed by atoms with Gasteiger partial charge in [0.05, 0.1) is 12.0 Å². The second-order valence-corrected chi connectivity index (χ2v) is 7.29. The van der Waals surface area contributed by atoms with Gasteiger partial charge in [0.1, 0.15) is 18.1 Å². The molecule has 0 heterocycles. The summed E-state index contributed by atoms with van der Waals surface area (Å²) in [5.41, 5.74) is 0. The van der Waals surface area contributed by atoms with E-state index in [1.165, 1.54) is 30.6 Å². The van der Waals surface area contributed by atoms with Gasteiger partial charge in [-0.1, -0.05) is 11.6 Å². The van der Waals surface area contributed by atoms with Crippen LogP contribution in [0.5, 0.6) is 11.5 Å². The summed E-state index contributed by atoms with van der Waals surface area (Å²) in [5.74, 6) is 1.25. The number of likely N-dealkylation sites (N-methyl/N-ethyl adjacent to an activating group) is 1. The smallest absolute Gasteiger partial charge is 0.242 e. The Balaban J connectivity index is 1.95. The largest absolute Gasteiger partial charge is 0.497 e. The lowest BCUT2D eigenvalue weighted by Crippen LogP contribution is -2.31. The van der Waals surface area contributed by atoms with E-state index in [0.29, 0.717) is 16.5 Å². The average Bonchev–Trinajstić information content (AvgIpc) is 2.56. The van der Waals surface area contributed by atoms with E-state index in [1.807, 2.05) is 0 Å². The quantitative estimate of drug-likeness (QED) is 0.766.